The van der Waals surface area contributed by atoms with Crippen molar-refractivity contribution in [1.82, 2.24) is 0 Å². The molecule has 0 fully saturated rings. The Balaban J connectivity index is 10.4. The van der Waals surface area contributed by atoms with Crippen LogP contribution < -0.4 is 0 Å². The van der Waals surface area contributed by atoms with E-state index in [-0.39, 0.29) is 0 Å². The van der Waals surface area contributed by atoms with Crippen molar-refractivity contribution in [2.45, 2.75) is 196 Å². The Kier molecular flexibility index (Phi) is 13.2. The van der Waals surface area contributed by atoms with Crippen molar-refractivity contribution in [3.05, 3.63) is 0 Å². The van der Waals surface area contributed by atoms with Gasteiger partial charge in [-0.1, -0.05) is 196 Å². The molecule has 0 aromatic rings. The van der Waals surface area contributed by atoms with Gasteiger partial charge in [0.15, 0.2) is 0 Å². The van der Waals surface area contributed by atoms with Gasteiger partial charge in [-0.3, -0.25) is 0 Å². The van der Waals surface area contributed by atoms with Gasteiger partial charge >= 0.3 is 0 Å². The molecule has 0 aliphatic heterocycles. The van der Waals surface area contributed by atoms with Crippen molar-refractivity contribution >= 4 is 100 Å². The summed E-state index contributed by atoms with van der Waals surface area (Å²) in [6, 6.07) is 0. The van der Waals surface area contributed by atoms with E-state index in [0.717, 1.165) is 0 Å². The Morgan fingerprint density at radius 2 is 0.182 bits per heavy atom. The standard InChI is InChI=1S/C30H90Si14/c1-31(2,3)39(25,32(4,5)6)43(29,40(26,33(7,8)9)34(10,11)12)44(30,41(27,35(13,14)15)36(16,17)18)42(28,37(19,20)21)38(22,23)24/h1-30H3. The lowest BCUT2D eigenvalue weighted by molar-refractivity contribution is 1.71. The highest BCUT2D eigenvalue weighted by atomic mass is 30.5. The Labute approximate surface area is 294 Å². The van der Waals surface area contributed by atoms with E-state index in [2.05, 4.69) is 196 Å². The molecule has 0 aromatic carbocycles. The summed E-state index contributed by atoms with van der Waals surface area (Å²) in [6.07, 6.45) is 0. The molecule has 266 valence electrons. The molecule has 0 spiro atoms. The van der Waals surface area contributed by atoms with Crippen LogP contribution in [-0.2, 0) is 0 Å². The zero-order valence-corrected chi connectivity index (χ0v) is 51.0. The van der Waals surface area contributed by atoms with Gasteiger partial charge < -0.3 is 0 Å². The van der Waals surface area contributed by atoms with Crippen LogP contribution in [0.5, 0.6) is 0 Å². The maximum atomic E-state index is 3.46. The van der Waals surface area contributed by atoms with Crippen molar-refractivity contribution in [3.63, 3.8) is 0 Å². The summed E-state index contributed by atoms with van der Waals surface area (Å²) < 4.78 is 0. The first-order valence-corrected chi connectivity index (χ1v) is 74.2. The second-order valence-corrected chi connectivity index (χ2v) is 191. The minimum absolute atomic E-state index is 1.47. The van der Waals surface area contributed by atoms with Crippen LogP contribution in [0.2, 0.25) is 196 Å². The quantitative estimate of drug-likeness (QED) is 0.162. The molecule has 0 nitrogen and oxygen atoms in total. The lowest BCUT2D eigenvalue weighted by atomic mass is 11.8. The molecule has 0 N–H and O–H groups in total. The molecule has 44 heavy (non-hydrogen) atoms. The summed E-state index contributed by atoms with van der Waals surface area (Å²) in [5, 5.41) is 0. The van der Waals surface area contributed by atoms with E-state index in [9.17, 15) is 0 Å². The van der Waals surface area contributed by atoms with E-state index >= 15 is 0 Å². The molecule has 0 aliphatic rings. The van der Waals surface area contributed by atoms with Crippen molar-refractivity contribution in [2.75, 3.05) is 0 Å². The van der Waals surface area contributed by atoms with Crippen LogP contribution in [0, 0.1) is 0 Å². The molecule has 0 unspecified atom stereocenters. The average Bonchev–Trinajstić information content (AvgIpc) is 2.68. The average molecular weight is 844 g/mol. The number of hydrogen-bond acceptors (Lipinski definition) is 0. The molecule has 0 amide bonds. The summed E-state index contributed by atoms with van der Waals surface area (Å²) in [5.74, 6) is 0. The zero-order chi connectivity index (χ0) is 37.0. The third kappa shape index (κ3) is 6.06. The van der Waals surface area contributed by atoms with E-state index in [1.165, 1.54) is 0 Å². The first-order chi connectivity index (χ1) is 18.2. The summed E-state index contributed by atoms with van der Waals surface area (Å²) in [4.78, 5) is 0. The van der Waals surface area contributed by atoms with Gasteiger partial charge in [0.05, 0.1) is 0 Å². The third-order valence-electron chi connectivity index (χ3n) is 17.0. The van der Waals surface area contributed by atoms with Gasteiger partial charge in [0.25, 0.3) is 0 Å². The lowest BCUT2D eigenvalue weighted by Gasteiger charge is -2.82. The smallest absolute Gasteiger partial charge is 0.0329 e. The fourth-order valence-corrected chi connectivity index (χ4v) is 770. The maximum Gasteiger partial charge on any atom is 0.0329 e. The minimum atomic E-state index is -1.84. The van der Waals surface area contributed by atoms with Gasteiger partial charge in [0, 0.05) is 100 Å². The fraction of sp³-hybridized carbons (Fsp3) is 1.00. The predicted molar refractivity (Wildman–Crippen MR) is 256 cm³/mol. The Bertz CT molecular complexity index is 810. The topological polar surface area (TPSA) is 0 Å². The van der Waals surface area contributed by atoms with Gasteiger partial charge in [-0.05, 0) is 0 Å². The molecule has 0 saturated heterocycles. The van der Waals surface area contributed by atoms with Crippen molar-refractivity contribution in [1.29, 1.82) is 0 Å². The fourth-order valence-electron chi connectivity index (χ4n) is 13.5. The van der Waals surface area contributed by atoms with Gasteiger partial charge in [-0.2, -0.15) is 0 Å². The normalized spacial score (nSPS) is 17.3. The maximum absolute atomic E-state index is 3.46. The highest BCUT2D eigenvalue weighted by Crippen LogP contribution is 2.59. The molecular weight excluding hydrogens is 754 g/mol. The summed E-state index contributed by atoms with van der Waals surface area (Å²) in [5.41, 5.74) is 0. The second kappa shape index (κ2) is 12.3. The molecule has 0 bridgehead atoms. The van der Waals surface area contributed by atoms with Crippen LogP contribution in [0.25, 0.3) is 0 Å². The van der Waals surface area contributed by atoms with E-state index in [0.29, 0.717) is 0 Å². The van der Waals surface area contributed by atoms with Gasteiger partial charge in [0.1, 0.15) is 0 Å². The van der Waals surface area contributed by atoms with Gasteiger partial charge in [-0.15, -0.1) is 0 Å². The molecular formula is C30H90Si14. The molecule has 0 aromatic heterocycles. The Hall–Kier alpha value is 3.04. The Morgan fingerprint density at radius 3 is 0.227 bits per heavy atom. The largest absolute Gasteiger partial charge is 0.0758 e. The zero-order valence-electron chi connectivity index (χ0n) is 37.0. The van der Waals surface area contributed by atoms with E-state index < -0.39 is 100 Å². The first kappa shape index (κ1) is 47.0. The summed E-state index contributed by atoms with van der Waals surface area (Å²) in [7, 11) is -11.8. The van der Waals surface area contributed by atoms with Gasteiger partial charge in [0.2, 0.25) is 0 Å². The predicted octanol–water partition coefficient (Wildman–Crippen LogP) is 12.2. The Morgan fingerprint density at radius 1 is 0.114 bits per heavy atom. The van der Waals surface area contributed by atoms with Crippen LogP contribution in [0.1, 0.15) is 0 Å². The second-order valence-electron chi connectivity index (χ2n) is 24.8. The first-order valence-electron chi connectivity index (χ1n) is 18.2. The van der Waals surface area contributed by atoms with Crippen LogP contribution in [0.4, 0.5) is 0 Å². The highest BCUT2D eigenvalue weighted by molar-refractivity contribution is 8.35. The number of rotatable bonds is 13. The van der Waals surface area contributed by atoms with Crippen molar-refractivity contribution in [3.8, 4) is 0 Å². The summed E-state index contributed by atoms with van der Waals surface area (Å²) >= 11 is 0. The third-order valence-corrected chi connectivity index (χ3v) is 396. The van der Waals surface area contributed by atoms with E-state index in [1.54, 1.807) is 0 Å². The highest BCUT2D eigenvalue weighted by Gasteiger charge is 2.87. The molecule has 0 radical (unpaired) electrons. The van der Waals surface area contributed by atoms with Crippen LogP contribution in [0.15, 0.2) is 0 Å². The number of hydrogen-bond donors (Lipinski definition) is 0. The summed E-state index contributed by atoms with van der Waals surface area (Å²) in [6.45, 7) is 81.5. The van der Waals surface area contributed by atoms with Crippen LogP contribution in [0.3, 0.4) is 0 Å². The minimum Gasteiger partial charge on any atom is -0.0758 e. The molecule has 0 heterocycles. The molecule has 0 atom stereocenters. The van der Waals surface area contributed by atoms with Crippen LogP contribution >= 0.6 is 0 Å². The molecule has 0 saturated carbocycles. The van der Waals surface area contributed by atoms with Crippen molar-refractivity contribution in [2.24, 2.45) is 0 Å². The van der Waals surface area contributed by atoms with E-state index in [4.69, 9.17) is 0 Å². The van der Waals surface area contributed by atoms with Crippen molar-refractivity contribution < 1.29 is 0 Å². The molecule has 0 aliphatic carbocycles. The lowest BCUT2D eigenvalue weighted by Crippen LogP contribution is -3.13. The van der Waals surface area contributed by atoms with Crippen LogP contribution in [-0.4, -0.2) is 100 Å². The molecule has 0 rings (SSSR count). The molecule has 14 heteroatoms. The van der Waals surface area contributed by atoms with E-state index in [1.807, 2.05) is 0 Å². The SMILES string of the molecule is C[Si](C)(C)[Si](C)([Si](C)(C)C)[Si](C)([Si](C)([Si](C)(C)C)[Si](C)(C)C)[Si](C)([Si](C)([Si](C)(C)C)[Si](C)(C)C)[Si](C)([Si](C)(C)C)[Si](C)(C)C. The monoisotopic (exact) mass is 842 g/mol. The van der Waals surface area contributed by atoms with Gasteiger partial charge in [-0.25, -0.2) is 0 Å².